The van der Waals surface area contributed by atoms with Crippen molar-refractivity contribution in [2.45, 2.75) is 12.8 Å². The number of carbonyl (C=O) groups is 1. The number of hydrogen-bond donors (Lipinski definition) is 1. The minimum absolute atomic E-state index is 0.0718. The summed E-state index contributed by atoms with van der Waals surface area (Å²) in [5.74, 6) is -0.498. The SMILES string of the molecule is COc1ccc(C2C(C(=O)c3ccc(Br)cc3)=C(C)NC(c3ccccc3)=C2[N+](=O)[O-])cc1. The molecule has 0 saturated heterocycles. The molecule has 0 saturated carbocycles. The molecule has 7 heteroatoms. The molecule has 33 heavy (non-hydrogen) atoms. The van der Waals surface area contributed by atoms with Crippen molar-refractivity contribution in [2.24, 2.45) is 0 Å². The lowest BCUT2D eigenvalue weighted by atomic mass is 9.79. The number of nitrogens with one attached hydrogen (secondary N) is 1. The minimum Gasteiger partial charge on any atom is -0.497 e. The summed E-state index contributed by atoms with van der Waals surface area (Å²) in [4.78, 5) is 25.7. The molecule has 0 radical (unpaired) electrons. The molecule has 4 rings (SSSR count). The van der Waals surface area contributed by atoms with Crippen LogP contribution >= 0.6 is 15.9 Å². The number of halogens is 1. The summed E-state index contributed by atoms with van der Waals surface area (Å²) in [6.45, 7) is 1.78. The monoisotopic (exact) mass is 504 g/mol. The Morgan fingerprint density at radius 1 is 1.00 bits per heavy atom. The lowest BCUT2D eigenvalue weighted by molar-refractivity contribution is -0.428. The first-order chi connectivity index (χ1) is 15.9. The predicted octanol–water partition coefficient (Wildman–Crippen LogP) is 5.95. The third-order valence-electron chi connectivity index (χ3n) is 5.59. The number of methoxy groups -OCH3 is 1. The molecule has 1 aliphatic rings. The topological polar surface area (TPSA) is 81.5 Å². The van der Waals surface area contributed by atoms with Crippen molar-refractivity contribution >= 4 is 27.4 Å². The highest BCUT2D eigenvalue weighted by Gasteiger charge is 2.41. The molecule has 0 bridgehead atoms. The quantitative estimate of drug-likeness (QED) is 0.255. The largest absolute Gasteiger partial charge is 0.497 e. The van der Waals surface area contributed by atoms with Crippen molar-refractivity contribution in [3.8, 4) is 5.75 Å². The number of dihydropyridines is 1. The van der Waals surface area contributed by atoms with Gasteiger partial charge in [0.1, 0.15) is 17.4 Å². The summed E-state index contributed by atoms with van der Waals surface area (Å²) in [5.41, 5.74) is 3.00. The van der Waals surface area contributed by atoms with Gasteiger partial charge in [-0.2, -0.15) is 0 Å². The number of rotatable bonds is 6. The predicted molar refractivity (Wildman–Crippen MR) is 130 cm³/mol. The highest BCUT2D eigenvalue weighted by Crippen LogP contribution is 2.42. The van der Waals surface area contributed by atoms with Crippen molar-refractivity contribution in [1.82, 2.24) is 5.32 Å². The molecule has 1 N–H and O–H groups in total. The Balaban J connectivity index is 1.94. The van der Waals surface area contributed by atoms with E-state index in [4.69, 9.17) is 4.74 Å². The van der Waals surface area contributed by atoms with Crippen LogP contribution in [0.4, 0.5) is 0 Å². The number of allylic oxidation sites excluding steroid dienone is 2. The van der Waals surface area contributed by atoms with E-state index in [1.165, 1.54) is 0 Å². The van der Waals surface area contributed by atoms with Gasteiger partial charge in [-0.05, 0) is 48.9 Å². The fraction of sp³-hybridized carbons (Fsp3) is 0.115. The van der Waals surface area contributed by atoms with Crippen LogP contribution in [-0.4, -0.2) is 17.8 Å². The van der Waals surface area contributed by atoms with Gasteiger partial charge in [0.05, 0.1) is 12.0 Å². The molecule has 0 aliphatic carbocycles. The van der Waals surface area contributed by atoms with Crippen LogP contribution in [-0.2, 0) is 0 Å². The Kier molecular flexibility index (Phi) is 6.42. The van der Waals surface area contributed by atoms with E-state index in [1.807, 2.05) is 30.3 Å². The van der Waals surface area contributed by atoms with Crippen molar-refractivity contribution in [3.63, 3.8) is 0 Å². The van der Waals surface area contributed by atoms with Gasteiger partial charge in [-0.15, -0.1) is 0 Å². The molecule has 1 unspecified atom stereocenters. The molecule has 1 aliphatic heterocycles. The molecule has 0 aromatic heterocycles. The number of ether oxygens (including phenoxy) is 1. The number of nitro groups is 1. The van der Waals surface area contributed by atoms with Gasteiger partial charge in [-0.3, -0.25) is 14.9 Å². The smallest absolute Gasteiger partial charge is 0.282 e. The maximum Gasteiger partial charge on any atom is 0.282 e. The van der Waals surface area contributed by atoms with Crippen molar-refractivity contribution in [2.75, 3.05) is 7.11 Å². The fourth-order valence-corrected chi connectivity index (χ4v) is 4.28. The van der Waals surface area contributed by atoms with E-state index in [-0.39, 0.29) is 11.5 Å². The van der Waals surface area contributed by atoms with Crippen LogP contribution in [0.1, 0.15) is 34.3 Å². The third kappa shape index (κ3) is 4.45. The molecule has 1 atom stereocenters. The maximum absolute atomic E-state index is 13.7. The van der Waals surface area contributed by atoms with Crippen LogP contribution in [0, 0.1) is 10.1 Å². The molecule has 1 heterocycles. The van der Waals surface area contributed by atoms with E-state index in [2.05, 4.69) is 21.2 Å². The zero-order chi connectivity index (χ0) is 23.5. The lowest BCUT2D eigenvalue weighted by Gasteiger charge is -2.28. The second-order valence-corrected chi connectivity index (χ2v) is 8.50. The Morgan fingerprint density at radius 3 is 2.21 bits per heavy atom. The first-order valence-corrected chi connectivity index (χ1v) is 11.1. The molecule has 6 nitrogen and oxygen atoms in total. The Labute approximate surface area is 199 Å². The zero-order valence-corrected chi connectivity index (χ0v) is 19.6. The summed E-state index contributed by atoms with van der Waals surface area (Å²) < 4.78 is 6.10. The summed E-state index contributed by atoms with van der Waals surface area (Å²) in [7, 11) is 1.56. The van der Waals surface area contributed by atoms with Gasteiger partial charge in [-0.25, -0.2) is 0 Å². The molecular formula is C26H21BrN2O4. The number of benzene rings is 3. The van der Waals surface area contributed by atoms with Crippen LogP contribution in [0.25, 0.3) is 5.70 Å². The molecule has 0 fully saturated rings. The van der Waals surface area contributed by atoms with Gasteiger partial charge in [0, 0.05) is 26.9 Å². The average molecular weight is 505 g/mol. The van der Waals surface area contributed by atoms with E-state index < -0.39 is 10.8 Å². The van der Waals surface area contributed by atoms with Gasteiger partial charge < -0.3 is 10.1 Å². The van der Waals surface area contributed by atoms with Crippen LogP contribution < -0.4 is 10.1 Å². The fourth-order valence-electron chi connectivity index (χ4n) is 4.02. The summed E-state index contributed by atoms with van der Waals surface area (Å²) in [6.07, 6.45) is 0. The molecule has 0 spiro atoms. The number of hydrogen-bond acceptors (Lipinski definition) is 5. The van der Waals surface area contributed by atoms with Crippen molar-refractivity contribution in [3.05, 3.63) is 127 Å². The number of Topliss-reactive ketones (excluding diaryl/α,β-unsaturated/α-hetero) is 1. The molecule has 0 amide bonds. The van der Waals surface area contributed by atoms with Gasteiger partial charge in [0.2, 0.25) is 0 Å². The second kappa shape index (κ2) is 9.42. The van der Waals surface area contributed by atoms with Gasteiger partial charge in [-0.1, -0.05) is 58.4 Å². The molecule has 166 valence electrons. The van der Waals surface area contributed by atoms with Gasteiger partial charge in [0.25, 0.3) is 5.70 Å². The van der Waals surface area contributed by atoms with Crippen molar-refractivity contribution < 1.29 is 14.5 Å². The van der Waals surface area contributed by atoms with Crippen molar-refractivity contribution in [1.29, 1.82) is 0 Å². The van der Waals surface area contributed by atoms with E-state index >= 15 is 0 Å². The van der Waals surface area contributed by atoms with E-state index in [9.17, 15) is 14.9 Å². The summed E-state index contributed by atoms with van der Waals surface area (Å²) in [5, 5.41) is 15.6. The highest BCUT2D eigenvalue weighted by molar-refractivity contribution is 9.10. The normalized spacial score (nSPS) is 15.8. The van der Waals surface area contributed by atoms with Gasteiger partial charge >= 0.3 is 0 Å². The molecule has 3 aromatic carbocycles. The van der Waals surface area contributed by atoms with Gasteiger partial charge in [0.15, 0.2) is 5.78 Å². The Hall–Kier alpha value is -3.71. The van der Waals surface area contributed by atoms with Crippen LogP contribution in [0.3, 0.4) is 0 Å². The van der Waals surface area contributed by atoms with Crippen LogP contribution in [0.5, 0.6) is 5.75 Å². The number of carbonyl (C=O) groups excluding carboxylic acids is 1. The zero-order valence-electron chi connectivity index (χ0n) is 18.0. The van der Waals surface area contributed by atoms with Crippen LogP contribution in [0.15, 0.2) is 100 Å². The Bertz CT molecular complexity index is 1260. The lowest BCUT2D eigenvalue weighted by Crippen LogP contribution is -2.31. The van der Waals surface area contributed by atoms with E-state index in [0.29, 0.717) is 39.4 Å². The summed E-state index contributed by atoms with van der Waals surface area (Å²) >= 11 is 3.38. The highest BCUT2D eigenvalue weighted by atomic mass is 79.9. The maximum atomic E-state index is 13.7. The summed E-state index contributed by atoms with van der Waals surface area (Å²) in [6, 6.07) is 23.1. The Morgan fingerprint density at radius 2 is 1.64 bits per heavy atom. The third-order valence-corrected chi connectivity index (χ3v) is 6.12. The minimum atomic E-state index is -0.862. The number of nitrogens with zero attached hydrogens (tertiary/aromatic N) is 1. The standard InChI is InChI=1S/C26H21BrN2O4/c1-16-22(26(30)19-8-12-20(27)13-9-19)23(17-10-14-21(33-2)15-11-17)25(29(31)32)24(28-16)18-6-4-3-5-7-18/h3-15,23,28H,1-2H3. The first kappa shape index (κ1) is 22.5. The first-order valence-electron chi connectivity index (χ1n) is 10.3. The number of ketones is 1. The average Bonchev–Trinajstić information content (AvgIpc) is 2.84. The van der Waals surface area contributed by atoms with E-state index in [0.717, 1.165) is 4.47 Å². The second-order valence-electron chi connectivity index (χ2n) is 7.59. The van der Waals surface area contributed by atoms with E-state index in [1.54, 1.807) is 62.6 Å². The molecule has 3 aromatic rings. The van der Waals surface area contributed by atoms with Crippen LogP contribution in [0.2, 0.25) is 0 Å². The molecular weight excluding hydrogens is 484 g/mol.